The first kappa shape index (κ1) is 24.5. The number of aryl methyl sites for hydroxylation is 1. The Kier molecular flexibility index (Phi) is 8.67. The molecule has 2 aromatic carbocycles. The molecule has 174 valence electrons. The van der Waals surface area contributed by atoms with E-state index in [4.69, 9.17) is 4.74 Å². The molecule has 3 aromatic rings. The highest BCUT2D eigenvalue weighted by atomic mass is 32.2. The summed E-state index contributed by atoms with van der Waals surface area (Å²) >= 11 is 2.68. The lowest BCUT2D eigenvalue weighted by Crippen LogP contribution is -2.39. The molecule has 0 aliphatic heterocycles. The molecule has 10 heteroatoms. The van der Waals surface area contributed by atoms with Gasteiger partial charge in [0.25, 0.3) is 0 Å². The number of carbonyl (C=O) groups excluding carboxylic acids is 2. The number of methoxy groups -OCH3 is 1. The van der Waals surface area contributed by atoms with Crippen molar-refractivity contribution in [3.8, 4) is 5.75 Å². The molecule has 2 amide bonds. The quantitative estimate of drug-likeness (QED) is 0.410. The largest absolute Gasteiger partial charge is 0.497 e. The lowest BCUT2D eigenvalue weighted by atomic mass is 10.1. The summed E-state index contributed by atoms with van der Waals surface area (Å²) in [5.41, 5.74) is 2.70. The number of carbonyl (C=O) groups is 2. The van der Waals surface area contributed by atoms with E-state index in [2.05, 4.69) is 20.8 Å². The molecule has 0 aliphatic rings. The maximum Gasteiger partial charge on any atom is 0.243 e. The van der Waals surface area contributed by atoms with Gasteiger partial charge in [-0.1, -0.05) is 48.2 Å². The number of para-hydroxylation sites is 1. The van der Waals surface area contributed by atoms with Gasteiger partial charge in [0, 0.05) is 18.4 Å². The molecule has 1 atom stereocenters. The van der Waals surface area contributed by atoms with Gasteiger partial charge in [0.05, 0.1) is 18.9 Å². The first-order valence-electron chi connectivity index (χ1n) is 10.4. The van der Waals surface area contributed by atoms with Gasteiger partial charge in [-0.3, -0.25) is 9.59 Å². The molecule has 8 nitrogen and oxygen atoms in total. The van der Waals surface area contributed by atoms with E-state index in [1.54, 1.807) is 21.1 Å². The van der Waals surface area contributed by atoms with Gasteiger partial charge in [-0.05, 0) is 49.2 Å². The average Bonchev–Trinajstić information content (AvgIpc) is 3.25. The van der Waals surface area contributed by atoms with Crippen molar-refractivity contribution >= 4 is 51.4 Å². The van der Waals surface area contributed by atoms with E-state index in [0.717, 1.165) is 29.1 Å². The Balaban J connectivity index is 1.51. The van der Waals surface area contributed by atoms with Crippen molar-refractivity contribution in [1.82, 2.24) is 15.1 Å². The highest BCUT2D eigenvalue weighted by Gasteiger charge is 2.22. The van der Waals surface area contributed by atoms with Crippen molar-refractivity contribution in [2.45, 2.75) is 29.9 Å². The van der Waals surface area contributed by atoms with Crippen molar-refractivity contribution in [2.75, 3.05) is 31.3 Å². The third-order valence-electron chi connectivity index (χ3n) is 4.80. The van der Waals surface area contributed by atoms with Crippen LogP contribution in [0.5, 0.6) is 5.75 Å². The number of rotatable bonds is 10. The number of anilines is 3. The fourth-order valence-corrected chi connectivity index (χ4v) is 5.08. The standard InChI is InChI=1S/C23H27N5O3S2/c1-5-16-8-6-7-9-19(16)25-20(29)14-28(3)21(30)15(2)32-23-27-26-22(33-23)24-17-10-12-18(31-4)13-11-17/h6-13,15H,5,14H2,1-4H3,(H,24,26)(H,25,29)/t15-/m0/s1. The predicted molar refractivity (Wildman–Crippen MR) is 134 cm³/mol. The fraction of sp³-hybridized carbons (Fsp3) is 0.304. The maximum absolute atomic E-state index is 12.8. The van der Waals surface area contributed by atoms with Crippen molar-refractivity contribution in [3.05, 3.63) is 54.1 Å². The number of aromatic nitrogens is 2. The lowest BCUT2D eigenvalue weighted by molar-refractivity contribution is -0.132. The van der Waals surface area contributed by atoms with Gasteiger partial charge in [0.1, 0.15) is 5.75 Å². The zero-order valence-corrected chi connectivity index (χ0v) is 20.6. The Morgan fingerprint density at radius 2 is 1.88 bits per heavy atom. The Morgan fingerprint density at radius 3 is 2.58 bits per heavy atom. The van der Waals surface area contributed by atoms with Crippen molar-refractivity contribution in [3.63, 3.8) is 0 Å². The van der Waals surface area contributed by atoms with E-state index in [1.165, 1.54) is 28.0 Å². The number of hydrogen-bond acceptors (Lipinski definition) is 8. The summed E-state index contributed by atoms with van der Waals surface area (Å²) < 4.78 is 5.82. The molecule has 33 heavy (non-hydrogen) atoms. The van der Waals surface area contributed by atoms with Crippen molar-refractivity contribution in [2.24, 2.45) is 0 Å². The van der Waals surface area contributed by atoms with Crippen LogP contribution >= 0.6 is 23.1 Å². The van der Waals surface area contributed by atoms with E-state index >= 15 is 0 Å². The Morgan fingerprint density at radius 1 is 1.15 bits per heavy atom. The van der Waals surface area contributed by atoms with Gasteiger partial charge in [-0.2, -0.15) is 0 Å². The molecule has 1 aromatic heterocycles. The van der Waals surface area contributed by atoms with E-state index in [0.29, 0.717) is 9.47 Å². The first-order chi connectivity index (χ1) is 15.9. The second-order valence-electron chi connectivity index (χ2n) is 7.24. The van der Waals surface area contributed by atoms with Crippen LogP contribution in [0.4, 0.5) is 16.5 Å². The minimum Gasteiger partial charge on any atom is -0.497 e. The summed E-state index contributed by atoms with van der Waals surface area (Å²) in [6, 6.07) is 15.1. The second kappa shape index (κ2) is 11.7. The van der Waals surface area contributed by atoms with Crippen LogP contribution in [-0.2, 0) is 16.0 Å². The highest BCUT2D eigenvalue weighted by Crippen LogP contribution is 2.31. The van der Waals surface area contributed by atoms with Gasteiger partial charge in [-0.25, -0.2) is 0 Å². The number of thioether (sulfide) groups is 1. The van der Waals surface area contributed by atoms with Crippen molar-refractivity contribution in [1.29, 1.82) is 0 Å². The number of nitrogens with one attached hydrogen (secondary N) is 2. The fourth-order valence-electron chi connectivity index (χ4n) is 3.05. The number of amides is 2. The van der Waals surface area contributed by atoms with Gasteiger partial charge in [0.15, 0.2) is 4.34 Å². The summed E-state index contributed by atoms with van der Waals surface area (Å²) in [6.07, 6.45) is 0.816. The van der Waals surface area contributed by atoms with Gasteiger partial charge in [-0.15, -0.1) is 10.2 Å². The summed E-state index contributed by atoms with van der Waals surface area (Å²) in [6.45, 7) is 3.80. The summed E-state index contributed by atoms with van der Waals surface area (Å²) in [7, 11) is 3.25. The number of nitrogens with zero attached hydrogens (tertiary/aromatic N) is 3. The maximum atomic E-state index is 12.8. The summed E-state index contributed by atoms with van der Waals surface area (Å²) in [5, 5.41) is 14.6. The van der Waals surface area contributed by atoms with Crippen LogP contribution in [0.2, 0.25) is 0 Å². The smallest absolute Gasteiger partial charge is 0.243 e. The highest BCUT2D eigenvalue weighted by molar-refractivity contribution is 8.02. The normalized spacial score (nSPS) is 11.5. The van der Waals surface area contributed by atoms with Crippen LogP contribution in [0.3, 0.4) is 0 Å². The molecule has 0 fully saturated rings. The SMILES string of the molecule is CCc1ccccc1NC(=O)CN(C)C(=O)[C@H](C)Sc1nnc(Nc2ccc(OC)cc2)s1. The molecule has 3 rings (SSSR count). The first-order valence-corrected chi connectivity index (χ1v) is 12.1. The molecule has 1 heterocycles. The Hall–Kier alpha value is -3.11. The molecule has 2 N–H and O–H groups in total. The van der Waals surface area contributed by atoms with Gasteiger partial charge in [0.2, 0.25) is 16.9 Å². The van der Waals surface area contributed by atoms with Gasteiger partial charge >= 0.3 is 0 Å². The van der Waals surface area contributed by atoms with E-state index in [-0.39, 0.29) is 18.4 Å². The summed E-state index contributed by atoms with van der Waals surface area (Å²) in [5.74, 6) is 0.387. The average molecular weight is 486 g/mol. The van der Waals surface area contributed by atoms with Crippen LogP contribution < -0.4 is 15.4 Å². The second-order valence-corrected chi connectivity index (χ2v) is 9.81. The molecular weight excluding hydrogens is 458 g/mol. The Bertz CT molecular complexity index is 1090. The van der Waals surface area contributed by atoms with Gasteiger partial charge < -0.3 is 20.3 Å². The molecule has 0 unspecified atom stereocenters. The van der Waals surface area contributed by atoms with Crippen LogP contribution in [0.1, 0.15) is 19.4 Å². The topological polar surface area (TPSA) is 96.5 Å². The van der Waals surface area contributed by atoms with Crippen LogP contribution in [-0.4, -0.2) is 52.9 Å². The van der Waals surface area contributed by atoms with Crippen LogP contribution in [0, 0.1) is 0 Å². The molecular formula is C23H27N5O3S2. The van der Waals surface area contributed by atoms with Crippen LogP contribution in [0.15, 0.2) is 52.9 Å². The number of ether oxygens (including phenoxy) is 1. The third kappa shape index (κ3) is 6.93. The van der Waals surface area contributed by atoms with Crippen molar-refractivity contribution < 1.29 is 14.3 Å². The number of likely N-dealkylation sites (N-methyl/N-ethyl adjacent to an activating group) is 1. The van der Waals surface area contributed by atoms with Crippen LogP contribution in [0.25, 0.3) is 0 Å². The minimum atomic E-state index is -0.410. The predicted octanol–water partition coefficient (Wildman–Crippen LogP) is 4.43. The zero-order chi connectivity index (χ0) is 23.8. The zero-order valence-electron chi connectivity index (χ0n) is 19.0. The molecule has 0 bridgehead atoms. The Labute approximate surface area is 201 Å². The molecule has 0 saturated carbocycles. The lowest BCUT2D eigenvalue weighted by Gasteiger charge is -2.20. The monoisotopic (exact) mass is 485 g/mol. The summed E-state index contributed by atoms with van der Waals surface area (Å²) in [4.78, 5) is 26.6. The molecule has 0 radical (unpaired) electrons. The molecule has 0 aliphatic carbocycles. The van der Waals surface area contributed by atoms with E-state index in [9.17, 15) is 9.59 Å². The number of benzene rings is 2. The van der Waals surface area contributed by atoms with E-state index in [1.807, 2.05) is 55.5 Å². The minimum absolute atomic E-state index is 0.0256. The third-order valence-corrected chi connectivity index (χ3v) is 6.81. The van der Waals surface area contributed by atoms with E-state index < -0.39 is 5.25 Å². The molecule has 0 saturated heterocycles. The molecule has 0 spiro atoms. The number of hydrogen-bond donors (Lipinski definition) is 2.